The Labute approximate surface area is 109 Å². The molecule has 19 heavy (non-hydrogen) atoms. The average molecular weight is 275 g/mol. The molecule has 0 amide bonds. The molecule has 1 aromatic heterocycles. The Balaban J connectivity index is 2.60. The summed E-state index contributed by atoms with van der Waals surface area (Å²) >= 11 is 0. The highest BCUT2D eigenvalue weighted by Gasteiger charge is 2.09. The van der Waals surface area contributed by atoms with Crippen LogP contribution in [0.25, 0.3) is 0 Å². The van der Waals surface area contributed by atoms with Gasteiger partial charge in [0.15, 0.2) is 0 Å². The highest BCUT2D eigenvalue weighted by atomic mass is 16.5. The predicted octanol–water partition coefficient (Wildman–Crippen LogP) is -2.48. The molecule has 1 aromatic rings. The average Bonchev–Trinajstić information content (AvgIpc) is 2.41. The third-order valence-electron chi connectivity index (χ3n) is 1.97. The number of aliphatic hydroxyl groups excluding tert-OH is 4. The van der Waals surface area contributed by atoms with Crippen molar-refractivity contribution in [1.29, 1.82) is 0 Å². The van der Waals surface area contributed by atoms with Gasteiger partial charge in [0.2, 0.25) is 17.7 Å². The van der Waals surface area contributed by atoms with Gasteiger partial charge in [0.05, 0.1) is 19.3 Å². The number of anilines is 1. The second-order valence-corrected chi connectivity index (χ2v) is 3.70. The van der Waals surface area contributed by atoms with Gasteiger partial charge >= 0.3 is 0 Å². The van der Waals surface area contributed by atoms with E-state index in [1.807, 2.05) is 0 Å². The second kappa shape index (κ2) is 7.69. The van der Waals surface area contributed by atoms with Crippen molar-refractivity contribution in [2.45, 2.75) is 12.2 Å². The van der Waals surface area contributed by atoms with Crippen LogP contribution in [0.15, 0.2) is 6.07 Å². The summed E-state index contributed by atoms with van der Waals surface area (Å²) in [6.45, 7) is -1.20. The minimum atomic E-state index is -1.03. The fourth-order valence-corrected chi connectivity index (χ4v) is 1.04. The van der Waals surface area contributed by atoms with Gasteiger partial charge < -0.3 is 35.6 Å². The van der Waals surface area contributed by atoms with Crippen molar-refractivity contribution in [1.82, 2.24) is 9.97 Å². The number of rotatable bonds is 8. The normalized spacial score (nSPS) is 13.9. The number of hydrogen-bond donors (Lipinski definition) is 5. The Bertz CT molecular complexity index is 359. The lowest BCUT2D eigenvalue weighted by Gasteiger charge is -2.12. The van der Waals surface area contributed by atoms with E-state index >= 15 is 0 Å². The number of hydrogen-bond acceptors (Lipinski definition) is 9. The van der Waals surface area contributed by atoms with Gasteiger partial charge in [0, 0.05) is 0 Å². The molecule has 0 aliphatic rings. The molecule has 0 unspecified atom stereocenters. The summed E-state index contributed by atoms with van der Waals surface area (Å²) in [5, 5.41) is 35.5. The lowest BCUT2D eigenvalue weighted by Crippen LogP contribution is -2.23. The van der Waals surface area contributed by atoms with E-state index in [0.29, 0.717) is 0 Å². The molecular formula is C10H17N3O6. The molecule has 2 atom stereocenters. The molecule has 0 aromatic carbocycles. The highest BCUT2D eigenvalue weighted by Crippen LogP contribution is 2.17. The Morgan fingerprint density at radius 3 is 1.79 bits per heavy atom. The summed E-state index contributed by atoms with van der Waals surface area (Å²) in [5.41, 5.74) is 5.43. The number of nitrogen functional groups attached to an aromatic ring is 1. The molecule has 0 bridgehead atoms. The fourth-order valence-electron chi connectivity index (χ4n) is 1.04. The molecule has 0 saturated carbocycles. The van der Waals surface area contributed by atoms with Gasteiger partial charge in [0.25, 0.3) is 0 Å². The maximum absolute atomic E-state index is 9.12. The lowest BCUT2D eigenvalue weighted by atomic mass is 10.4. The van der Waals surface area contributed by atoms with Crippen LogP contribution in [0, 0.1) is 0 Å². The first-order chi connectivity index (χ1) is 9.05. The lowest BCUT2D eigenvalue weighted by molar-refractivity contribution is 0.0492. The van der Waals surface area contributed by atoms with Gasteiger partial charge in [-0.2, -0.15) is 9.97 Å². The summed E-state index contributed by atoms with van der Waals surface area (Å²) in [6.07, 6.45) is -2.06. The largest absolute Gasteiger partial charge is 0.475 e. The van der Waals surface area contributed by atoms with Crippen LogP contribution in [0.5, 0.6) is 11.8 Å². The molecular weight excluding hydrogens is 258 g/mol. The second-order valence-electron chi connectivity index (χ2n) is 3.70. The fraction of sp³-hybridized carbons (Fsp3) is 0.600. The van der Waals surface area contributed by atoms with E-state index < -0.39 is 25.4 Å². The topological polar surface area (TPSA) is 151 Å². The molecule has 0 fully saturated rings. The minimum Gasteiger partial charge on any atom is -0.475 e. The Kier molecular flexibility index (Phi) is 6.22. The molecule has 1 heterocycles. The van der Waals surface area contributed by atoms with Crippen LogP contribution in [0.1, 0.15) is 0 Å². The zero-order valence-corrected chi connectivity index (χ0v) is 10.1. The van der Waals surface area contributed by atoms with Gasteiger partial charge in [-0.3, -0.25) is 0 Å². The molecule has 1 rings (SSSR count). The number of aliphatic hydroxyl groups is 4. The van der Waals surface area contributed by atoms with Gasteiger partial charge in [-0.05, 0) is 0 Å². The van der Waals surface area contributed by atoms with Crippen LogP contribution in [0.3, 0.4) is 0 Å². The zero-order chi connectivity index (χ0) is 14.3. The van der Waals surface area contributed by atoms with E-state index in [9.17, 15) is 0 Å². The van der Waals surface area contributed by atoms with Crippen LogP contribution in [-0.4, -0.2) is 69.0 Å². The summed E-state index contributed by atoms with van der Waals surface area (Å²) in [4.78, 5) is 7.49. The maximum atomic E-state index is 9.12. The molecule has 0 radical (unpaired) electrons. The zero-order valence-electron chi connectivity index (χ0n) is 10.1. The summed E-state index contributed by atoms with van der Waals surface area (Å²) < 4.78 is 10.2. The quantitative estimate of drug-likeness (QED) is 0.347. The first-order valence-corrected chi connectivity index (χ1v) is 5.53. The summed E-state index contributed by atoms with van der Waals surface area (Å²) in [7, 11) is 0. The van der Waals surface area contributed by atoms with Crippen molar-refractivity contribution in [3.63, 3.8) is 0 Å². The van der Waals surface area contributed by atoms with Crippen molar-refractivity contribution in [2.75, 3.05) is 32.2 Å². The van der Waals surface area contributed by atoms with Gasteiger partial charge in [-0.1, -0.05) is 0 Å². The van der Waals surface area contributed by atoms with Crippen LogP contribution in [0.4, 0.5) is 5.95 Å². The highest BCUT2D eigenvalue weighted by molar-refractivity contribution is 5.29. The summed E-state index contributed by atoms with van der Waals surface area (Å²) in [6, 6.07) is 1.31. The molecule has 9 nitrogen and oxygen atoms in total. The molecule has 6 N–H and O–H groups in total. The van der Waals surface area contributed by atoms with Gasteiger partial charge in [0.1, 0.15) is 25.4 Å². The van der Waals surface area contributed by atoms with Crippen LogP contribution >= 0.6 is 0 Å². The minimum absolute atomic E-state index is 0.0634. The van der Waals surface area contributed by atoms with Crippen LogP contribution in [0.2, 0.25) is 0 Å². The smallest absolute Gasteiger partial charge is 0.226 e. The van der Waals surface area contributed by atoms with Crippen molar-refractivity contribution >= 4 is 5.95 Å². The van der Waals surface area contributed by atoms with E-state index in [-0.39, 0.29) is 30.9 Å². The van der Waals surface area contributed by atoms with E-state index in [4.69, 9.17) is 35.6 Å². The molecule has 0 saturated heterocycles. The van der Waals surface area contributed by atoms with Gasteiger partial charge in [-0.25, -0.2) is 0 Å². The maximum Gasteiger partial charge on any atom is 0.226 e. The first-order valence-electron chi connectivity index (χ1n) is 5.53. The molecule has 0 aliphatic heterocycles. The number of aromatic nitrogens is 2. The standard InChI is InChI=1S/C10H17N3O6/c11-10-12-8(18-4-6(16)2-14)1-9(13-10)19-5-7(17)3-15/h1,6-7,14-17H,2-5H2,(H2,11,12,13)/t6-,7+. The monoisotopic (exact) mass is 275 g/mol. The van der Waals surface area contributed by atoms with Crippen molar-refractivity contribution in [2.24, 2.45) is 0 Å². The van der Waals surface area contributed by atoms with Crippen molar-refractivity contribution in [3.8, 4) is 11.8 Å². The van der Waals surface area contributed by atoms with Crippen molar-refractivity contribution in [3.05, 3.63) is 6.07 Å². The molecule has 0 spiro atoms. The van der Waals surface area contributed by atoms with E-state index in [0.717, 1.165) is 0 Å². The van der Waals surface area contributed by atoms with Gasteiger partial charge in [-0.15, -0.1) is 0 Å². The predicted molar refractivity (Wildman–Crippen MR) is 63.6 cm³/mol. The van der Waals surface area contributed by atoms with Crippen LogP contribution < -0.4 is 15.2 Å². The third kappa shape index (κ3) is 5.66. The van der Waals surface area contributed by atoms with Crippen LogP contribution in [-0.2, 0) is 0 Å². The van der Waals surface area contributed by atoms with E-state index in [2.05, 4.69) is 9.97 Å². The van der Waals surface area contributed by atoms with E-state index in [1.54, 1.807) is 0 Å². The third-order valence-corrected chi connectivity index (χ3v) is 1.97. The number of nitrogens with two attached hydrogens (primary N) is 1. The Morgan fingerprint density at radius 2 is 1.42 bits per heavy atom. The number of ether oxygens (including phenoxy) is 2. The number of nitrogens with zero attached hydrogens (tertiary/aromatic N) is 2. The Hall–Kier alpha value is -1.68. The van der Waals surface area contributed by atoms with E-state index in [1.165, 1.54) is 6.07 Å². The summed E-state index contributed by atoms with van der Waals surface area (Å²) in [5.74, 6) is 0.0199. The molecule has 108 valence electrons. The SMILES string of the molecule is Nc1nc(OC[C@H](O)CO)cc(OC[C@@H](O)CO)n1. The Morgan fingerprint density at radius 1 is 1.00 bits per heavy atom. The molecule has 0 aliphatic carbocycles. The first kappa shape index (κ1) is 15.4. The molecule has 9 heteroatoms. The van der Waals surface area contributed by atoms with Crippen molar-refractivity contribution < 1.29 is 29.9 Å².